The van der Waals surface area contributed by atoms with Gasteiger partial charge in [0.2, 0.25) is 0 Å². The maximum atomic E-state index is 12.2. The Kier molecular flexibility index (Phi) is 4.65. The van der Waals surface area contributed by atoms with Crippen molar-refractivity contribution in [2.75, 3.05) is 11.9 Å². The van der Waals surface area contributed by atoms with Gasteiger partial charge in [-0.1, -0.05) is 12.1 Å². The minimum Gasteiger partial charge on any atom is -0.404 e. The molecule has 0 saturated heterocycles. The van der Waals surface area contributed by atoms with Crippen molar-refractivity contribution in [2.45, 2.75) is 26.6 Å². The van der Waals surface area contributed by atoms with Crippen LogP contribution < -0.4 is 10.1 Å². The number of anilines is 1. The molecule has 0 aromatic heterocycles. The molecule has 1 rings (SSSR count). The van der Waals surface area contributed by atoms with Gasteiger partial charge in [0, 0.05) is 6.54 Å². The van der Waals surface area contributed by atoms with Gasteiger partial charge in [0.15, 0.2) is 5.75 Å². The third kappa shape index (κ3) is 5.51. The average molecular weight is 272 g/mol. The van der Waals surface area contributed by atoms with Crippen molar-refractivity contribution < 1.29 is 17.9 Å². The van der Waals surface area contributed by atoms with Crippen molar-refractivity contribution in [3.05, 3.63) is 24.3 Å². The van der Waals surface area contributed by atoms with E-state index in [0.717, 1.165) is 0 Å². The van der Waals surface area contributed by atoms with E-state index in [4.69, 9.17) is 5.26 Å². The van der Waals surface area contributed by atoms with Crippen LogP contribution in [-0.2, 0) is 0 Å². The Balaban J connectivity index is 2.67. The van der Waals surface area contributed by atoms with Crippen molar-refractivity contribution in [1.29, 1.82) is 5.26 Å². The predicted molar refractivity (Wildman–Crippen MR) is 65.6 cm³/mol. The topological polar surface area (TPSA) is 45.0 Å². The first kappa shape index (κ1) is 15.2. The summed E-state index contributed by atoms with van der Waals surface area (Å²) in [6.07, 6.45) is -4.20. The van der Waals surface area contributed by atoms with Crippen molar-refractivity contribution in [1.82, 2.24) is 0 Å². The second-order valence-electron chi connectivity index (χ2n) is 4.72. The van der Waals surface area contributed by atoms with E-state index in [1.807, 2.05) is 0 Å². The first-order chi connectivity index (χ1) is 8.73. The summed E-state index contributed by atoms with van der Waals surface area (Å²) in [5.74, 6) is -0.273. The van der Waals surface area contributed by atoms with Crippen LogP contribution >= 0.6 is 0 Å². The van der Waals surface area contributed by atoms with Crippen LogP contribution in [0.1, 0.15) is 20.3 Å². The molecule has 0 aliphatic rings. The molecule has 0 radical (unpaired) electrons. The number of halogens is 3. The molecule has 104 valence electrons. The van der Waals surface area contributed by atoms with Crippen molar-refractivity contribution >= 4 is 5.69 Å². The Morgan fingerprint density at radius 2 is 1.89 bits per heavy atom. The fourth-order valence-electron chi connectivity index (χ4n) is 1.39. The molecule has 0 saturated carbocycles. The summed E-state index contributed by atoms with van der Waals surface area (Å²) in [6, 6.07) is 7.95. The number of nitriles is 1. The zero-order valence-electron chi connectivity index (χ0n) is 10.7. The molecule has 3 nitrogen and oxygen atoms in total. The van der Waals surface area contributed by atoms with Crippen LogP contribution in [0.15, 0.2) is 24.3 Å². The van der Waals surface area contributed by atoms with E-state index in [0.29, 0.717) is 13.0 Å². The number of ether oxygens (including phenoxy) is 1. The molecule has 0 spiro atoms. The number of nitrogens with zero attached hydrogens (tertiary/aromatic N) is 1. The van der Waals surface area contributed by atoms with E-state index in [9.17, 15) is 13.2 Å². The van der Waals surface area contributed by atoms with Gasteiger partial charge in [0.05, 0.1) is 17.2 Å². The molecule has 0 aliphatic carbocycles. The third-order valence-corrected chi connectivity index (χ3v) is 2.48. The Morgan fingerprint density at radius 1 is 1.26 bits per heavy atom. The van der Waals surface area contributed by atoms with Gasteiger partial charge in [-0.25, -0.2) is 0 Å². The monoisotopic (exact) mass is 272 g/mol. The first-order valence-corrected chi connectivity index (χ1v) is 5.73. The first-order valence-electron chi connectivity index (χ1n) is 5.73. The molecule has 0 unspecified atom stereocenters. The molecule has 6 heteroatoms. The molecule has 0 atom stereocenters. The van der Waals surface area contributed by atoms with Crippen LogP contribution in [0.4, 0.5) is 18.9 Å². The lowest BCUT2D eigenvalue weighted by molar-refractivity contribution is -0.274. The maximum Gasteiger partial charge on any atom is 0.573 e. The number of hydrogen-bond acceptors (Lipinski definition) is 3. The summed E-state index contributed by atoms with van der Waals surface area (Å²) in [4.78, 5) is 0. The van der Waals surface area contributed by atoms with E-state index in [1.54, 1.807) is 19.9 Å². The molecule has 0 bridgehead atoms. The molecule has 19 heavy (non-hydrogen) atoms. The molecule has 1 aromatic carbocycles. The standard InChI is InChI=1S/C13H15F3N2O/c1-12(2,9-17)7-8-18-10-5-3-4-6-11(10)19-13(14,15)16/h3-6,18H,7-8H2,1-2H3. The van der Waals surface area contributed by atoms with Gasteiger partial charge in [-0.2, -0.15) is 5.26 Å². The lowest BCUT2D eigenvalue weighted by atomic mass is 9.91. The van der Waals surface area contributed by atoms with Gasteiger partial charge in [-0.05, 0) is 32.4 Å². The van der Waals surface area contributed by atoms with E-state index >= 15 is 0 Å². The van der Waals surface area contributed by atoms with Gasteiger partial charge in [-0.3, -0.25) is 0 Å². The SMILES string of the molecule is CC(C)(C#N)CCNc1ccccc1OC(F)(F)F. The number of alkyl halides is 3. The highest BCUT2D eigenvalue weighted by atomic mass is 19.4. The largest absolute Gasteiger partial charge is 0.573 e. The summed E-state index contributed by atoms with van der Waals surface area (Å²) in [7, 11) is 0. The summed E-state index contributed by atoms with van der Waals surface area (Å²) >= 11 is 0. The van der Waals surface area contributed by atoms with E-state index in [1.165, 1.54) is 18.2 Å². The Bertz CT molecular complexity index is 464. The van der Waals surface area contributed by atoms with E-state index in [-0.39, 0.29) is 11.4 Å². The number of hydrogen-bond donors (Lipinski definition) is 1. The second-order valence-corrected chi connectivity index (χ2v) is 4.72. The molecule has 1 N–H and O–H groups in total. The summed E-state index contributed by atoms with van der Waals surface area (Å²) in [5, 5.41) is 11.7. The van der Waals surface area contributed by atoms with Crippen molar-refractivity contribution in [2.24, 2.45) is 5.41 Å². The maximum absolute atomic E-state index is 12.2. The number of rotatable bonds is 5. The number of nitrogens with one attached hydrogen (secondary N) is 1. The highest BCUT2D eigenvalue weighted by Crippen LogP contribution is 2.30. The van der Waals surface area contributed by atoms with E-state index in [2.05, 4.69) is 16.1 Å². The Morgan fingerprint density at radius 3 is 2.47 bits per heavy atom. The Labute approximate surface area is 110 Å². The molecule has 0 amide bonds. The predicted octanol–water partition coefficient (Wildman–Crippen LogP) is 3.94. The van der Waals surface area contributed by atoms with Crippen LogP contribution in [0.5, 0.6) is 5.75 Å². The summed E-state index contributed by atoms with van der Waals surface area (Å²) < 4.78 is 40.5. The third-order valence-electron chi connectivity index (χ3n) is 2.48. The fourth-order valence-corrected chi connectivity index (χ4v) is 1.39. The highest BCUT2D eigenvalue weighted by Gasteiger charge is 2.32. The fraction of sp³-hybridized carbons (Fsp3) is 0.462. The van der Waals surface area contributed by atoms with Crippen molar-refractivity contribution in [3.8, 4) is 11.8 Å². The van der Waals surface area contributed by atoms with E-state index < -0.39 is 11.8 Å². The molecular weight excluding hydrogens is 257 g/mol. The second kappa shape index (κ2) is 5.83. The van der Waals surface area contributed by atoms with Gasteiger partial charge < -0.3 is 10.1 Å². The molecule has 0 aliphatic heterocycles. The van der Waals surface area contributed by atoms with Gasteiger partial charge >= 0.3 is 6.36 Å². The van der Waals surface area contributed by atoms with Gasteiger partial charge in [-0.15, -0.1) is 13.2 Å². The lowest BCUT2D eigenvalue weighted by Crippen LogP contribution is -2.19. The minimum absolute atomic E-state index is 0.258. The van der Waals surface area contributed by atoms with Crippen LogP contribution in [0.25, 0.3) is 0 Å². The molecular formula is C13H15F3N2O. The molecule has 0 fully saturated rings. The average Bonchev–Trinajstić information content (AvgIpc) is 2.29. The normalized spacial score (nSPS) is 11.8. The zero-order valence-corrected chi connectivity index (χ0v) is 10.7. The van der Waals surface area contributed by atoms with Crippen LogP contribution in [0, 0.1) is 16.7 Å². The van der Waals surface area contributed by atoms with Crippen LogP contribution in [0.3, 0.4) is 0 Å². The smallest absolute Gasteiger partial charge is 0.404 e. The molecule has 1 aromatic rings. The summed E-state index contributed by atoms with van der Waals surface area (Å²) in [6.45, 7) is 3.93. The molecule has 0 heterocycles. The van der Waals surface area contributed by atoms with Gasteiger partial charge in [0.25, 0.3) is 0 Å². The Hall–Kier alpha value is -1.90. The van der Waals surface area contributed by atoms with Crippen LogP contribution in [0.2, 0.25) is 0 Å². The number of para-hydroxylation sites is 2. The quantitative estimate of drug-likeness (QED) is 0.883. The minimum atomic E-state index is -4.72. The number of benzene rings is 1. The lowest BCUT2D eigenvalue weighted by Gasteiger charge is -2.18. The van der Waals surface area contributed by atoms with Crippen molar-refractivity contribution in [3.63, 3.8) is 0 Å². The van der Waals surface area contributed by atoms with Gasteiger partial charge in [0.1, 0.15) is 0 Å². The summed E-state index contributed by atoms with van der Waals surface area (Å²) in [5.41, 5.74) is -0.263. The van der Waals surface area contributed by atoms with Crippen LogP contribution in [-0.4, -0.2) is 12.9 Å². The highest BCUT2D eigenvalue weighted by molar-refractivity contribution is 5.56. The zero-order chi connectivity index (χ0) is 14.5.